The number of hydrogen-bond acceptors (Lipinski definition) is 4. The topological polar surface area (TPSA) is 78.5 Å². The van der Waals surface area contributed by atoms with E-state index in [0.29, 0.717) is 11.4 Å². The van der Waals surface area contributed by atoms with Crippen LogP contribution in [0.1, 0.15) is 0 Å². The van der Waals surface area contributed by atoms with Crippen molar-refractivity contribution in [3.63, 3.8) is 0 Å². The second kappa shape index (κ2) is 6.27. The standard InChI is InChI=1S/C7H9NO.C6H7NO/c1-8-6-2-4-7(9)5-3-6;7-5-3-1-2-4-6(5)8/h2-5,8-9H,1H3;1-4,8H,7H2. The van der Waals surface area contributed by atoms with Gasteiger partial charge in [-0.1, -0.05) is 12.1 Å². The van der Waals surface area contributed by atoms with Gasteiger partial charge in [0, 0.05) is 12.7 Å². The van der Waals surface area contributed by atoms with Crippen LogP contribution >= 0.6 is 0 Å². The minimum absolute atomic E-state index is 0.146. The van der Waals surface area contributed by atoms with Crippen molar-refractivity contribution in [1.29, 1.82) is 0 Å². The van der Waals surface area contributed by atoms with Gasteiger partial charge in [-0.15, -0.1) is 0 Å². The first-order chi connectivity index (χ1) is 8.13. The molecule has 0 aliphatic rings. The van der Waals surface area contributed by atoms with Crippen molar-refractivity contribution < 1.29 is 10.2 Å². The van der Waals surface area contributed by atoms with Crippen LogP contribution in [0.3, 0.4) is 0 Å². The Morgan fingerprint density at radius 1 is 0.941 bits per heavy atom. The molecule has 0 saturated heterocycles. The van der Waals surface area contributed by atoms with Crippen LogP contribution in [-0.4, -0.2) is 17.3 Å². The van der Waals surface area contributed by atoms with Crippen molar-refractivity contribution in [1.82, 2.24) is 0 Å². The summed E-state index contributed by atoms with van der Waals surface area (Å²) in [7, 11) is 1.84. The number of para-hydroxylation sites is 2. The van der Waals surface area contributed by atoms with E-state index in [1.807, 2.05) is 19.2 Å². The Morgan fingerprint density at radius 2 is 1.53 bits per heavy atom. The number of aromatic hydroxyl groups is 2. The highest BCUT2D eigenvalue weighted by Gasteiger charge is 1.88. The van der Waals surface area contributed by atoms with E-state index in [1.54, 1.807) is 36.4 Å². The van der Waals surface area contributed by atoms with Crippen LogP contribution in [0.2, 0.25) is 0 Å². The van der Waals surface area contributed by atoms with E-state index in [9.17, 15) is 0 Å². The molecule has 0 bridgehead atoms. The molecule has 4 heteroatoms. The lowest BCUT2D eigenvalue weighted by Gasteiger charge is -1.96. The minimum atomic E-state index is 0.146. The van der Waals surface area contributed by atoms with Gasteiger partial charge in [-0.05, 0) is 36.4 Å². The number of nitrogens with one attached hydrogen (secondary N) is 1. The number of phenols is 2. The molecule has 0 fully saturated rings. The molecule has 2 rings (SSSR count). The Labute approximate surface area is 100 Å². The molecule has 0 radical (unpaired) electrons. The molecule has 0 saturated carbocycles. The molecular formula is C13H16N2O2. The van der Waals surface area contributed by atoms with Gasteiger partial charge in [-0.25, -0.2) is 0 Å². The number of rotatable bonds is 1. The van der Waals surface area contributed by atoms with Crippen LogP contribution in [0.25, 0.3) is 0 Å². The number of benzene rings is 2. The number of nitrogen functional groups attached to an aromatic ring is 1. The fraction of sp³-hybridized carbons (Fsp3) is 0.0769. The Balaban J connectivity index is 0.000000171. The molecule has 0 unspecified atom stereocenters. The normalized spacial score (nSPS) is 9.00. The fourth-order valence-corrected chi connectivity index (χ4v) is 1.12. The lowest BCUT2D eigenvalue weighted by Crippen LogP contribution is -1.84. The maximum atomic E-state index is 8.82. The summed E-state index contributed by atoms with van der Waals surface area (Å²) in [6.45, 7) is 0. The number of anilines is 2. The highest BCUT2D eigenvalue weighted by Crippen LogP contribution is 2.16. The molecule has 90 valence electrons. The third-order valence-corrected chi connectivity index (χ3v) is 2.09. The van der Waals surface area contributed by atoms with Crippen molar-refractivity contribution in [2.45, 2.75) is 0 Å². The van der Waals surface area contributed by atoms with Crippen molar-refractivity contribution in [3.05, 3.63) is 48.5 Å². The van der Waals surface area contributed by atoms with Crippen LogP contribution in [-0.2, 0) is 0 Å². The minimum Gasteiger partial charge on any atom is -0.508 e. The van der Waals surface area contributed by atoms with Gasteiger partial charge in [0.15, 0.2) is 0 Å². The van der Waals surface area contributed by atoms with Gasteiger partial charge in [0.05, 0.1) is 5.69 Å². The first-order valence-electron chi connectivity index (χ1n) is 5.13. The van der Waals surface area contributed by atoms with E-state index >= 15 is 0 Å². The molecule has 0 spiro atoms. The van der Waals surface area contributed by atoms with Crippen LogP contribution in [0.4, 0.5) is 11.4 Å². The fourth-order valence-electron chi connectivity index (χ4n) is 1.12. The third-order valence-electron chi connectivity index (χ3n) is 2.09. The van der Waals surface area contributed by atoms with E-state index in [2.05, 4.69) is 5.32 Å². The summed E-state index contributed by atoms with van der Waals surface area (Å²) in [5.74, 6) is 0.446. The van der Waals surface area contributed by atoms with Crippen molar-refractivity contribution in [2.75, 3.05) is 18.1 Å². The number of nitrogens with two attached hydrogens (primary N) is 1. The summed E-state index contributed by atoms with van der Waals surface area (Å²) in [5, 5.41) is 20.6. The van der Waals surface area contributed by atoms with E-state index in [4.69, 9.17) is 15.9 Å². The molecule has 2 aromatic carbocycles. The SMILES string of the molecule is CNc1ccc(O)cc1.Nc1ccccc1O. The Kier molecular flexibility index (Phi) is 4.69. The van der Waals surface area contributed by atoms with E-state index in [-0.39, 0.29) is 5.75 Å². The third kappa shape index (κ3) is 4.34. The van der Waals surface area contributed by atoms with Gasteiger partial charge in [0.25, 0.3) is 0 Å². The molecule has 0 aliphatic carbocycles. The van der Waals surface area contributed by atoms with E-state index in [0.717, 1.165) is 5.69 Å². The Bertz CT molecular complexity index is 434. The van der Waals surface area contributed by atoms with Crippen molar-refractivity contribution in [2.24, 2.45) is 0 Å². The summed E-state index contributed by atoms with van der Waals surface area (Å²) in [6.07, 6.45) is 0. The smallest absolute Gasteiger partial charge is 0.138 e. The zero-order valence-corrected chi connectivity index (χ0v) is 9.59. The summed E-state index contributed by atoms with van der Waals surface area (Å²) in [4.78, 5) is 0. The Hall–Kier alpha value is -2.36. The summed E-state index contributed by atoms with van der Waals surface area (Å²) < 4.78 is 0. The monoisotopic (exact) mass is 232 g/mol. The van der Waals surface area contributed by atoms with Gasteiger partial charge >= 0.3 is 0 Å². The second-order valence-corrected chi connectivity index (χ2v) is 3.36. The highest BCUT2D eigenvalue weighted by atomic mass is 16.3. The molecule has 2 aromatic rings. The maximum absolute atomic E-state index is 8.82. The van der Waals surface area contributed by atoms with Gasteiger partial charge in [0.2, 0.25) is 0 Å². The lowest BCUT2D eigenvalue weighted by atomic mass is 10.3. The average molecular weight is 232 g/mol. The molecule has 0 aromatic heterocycles. The quantitative estimate of drug-likeness (QED) is 0.346. The van der Waals surface area contributed by atoms with Crippen LogP contribution < -0.4 is 11.1 Å². The summed E-state index contributed by atoms with van der Waals surface area (Å²) in [6, 6.07) is 13.6. The van der Waals surface area contributed by atoms with Crippen molar-refractivity contribution >= 4 is 11.4 Å². The molecule has 17 heavy (non-hydrogen) atoms. The molecule has 4 nitrogen and oxygen atoms in total. The largest absolute Gasteiger partial charge is 0.508 e. The first kappa shape index (κ1) is 12.7. The van der Waals surface area contributed by atoms with E-state index in [1.165, 1.54) is 0 Å². The highest BCUT2D eigenvalue weighted by molar-refractivity contribution is 5.50. The Morgan fingerprint density at radius 3 is 1.94 bits per heavy atom. The molecule has 0 aliphatic heterocycles. The molecule has 0 amide bonds. The lowest BCUT2D eigenvalue weighted by molar-refractivity contribution is 0.475. The molecule has 0 atom stereocenters. The number of hydrogen-bond donors (Lipinski definition) is 4. The number of phenolic OH excluding ortho intramolecular Hbond substituents is 2. The van der Waals surface area contributed by atoms with Crippen LogP contribution in [0, 0.1) is 0 Å². The maximum Gasteiger partial charge on any atom is 0.138 e. The van der Waals surface area contributed by atoms with E-state index < -0.39 is 0 Å². The van der Waals surface area contributed by atoms with Gasteiger partial charge in [-0.2, -0.15) is 0 Å². The van der Waals surface area contributed by atoms with Crippen molar-refractivity contribution in [3.8, 4) is 11.5 Å². The zero-order valence-electron chi connectivity index (χ0n) is 9.59. The summed E-state index contributed by atoms with van der Waals surface area (Å²) >= 11 is 0. The predicted molar refractivity (Wildman–Crippen MR) is 70.2 cm³/mol. The molecule has 5 N–H and O–H groups in total. The zero-order chi connectivity index (χ0) is 12.7. The average Bonchev–Trinajstić information content (AvgIpc) is 2.35. The van der Waals surface area contributed by atoms with Gasteiger partial charge in [-0.3, -0.25) is 0 Å². The van der Waals surface area contributed by atoms with Gasteiger partial charge < -0.3 is 21.3 Å². The second-order valence-electron chi connectivity index (χ2n) is 3.36. The first-order valence-corrected chi connectivity index (χ1v) is 5.13. The van der Waals surface area contributed by atoms with Gasteiger partial charge in [0.1, 0.15) is 11.5 Å². The summed E-state index contributed by atoms with van der Waals surface area (Å²) in [5.41, 5.74) is 6.70. The van der Waals surface area contributed by atoms with Crippen LogP contribution in [0.5, 0.6) is 11.5 Å². The molecular weight excluding hydrogens is 216 g/mol. The molecule has 0 heterocycles. The predicted octanol–water partition coefficient (Wildman–Crippen LogP) is 2.41. The van der Waals surface area contributed by atoms with Crippen LogP contribution in [0.15, 0.2) is 48.5 Å².